The smallest absolute Gasteiger partial charge is 0.0555 e. The summed E-state index contributed by atoms with van der Waals surface area (Å²) in [5.74, 6) is 0. The minimum absolute atomic E-state index is 0.0333. The summed E-state index contributed by atoms with van der Waals surface area (Å²) in [6.07, 6.45) is 3.05. The van der Waals surface area contributed by atoms with Crippen LogP contribution in [0.25, 0.3) is 0 Å². The lowest BCUT2D eigenvalue weighted by atomic mass is 10.2. The number of aliphatic hydroxyl groups excluding tert-OH is 1. The summed E-state index contributed by atoms with van der Waals surface area (Å²) in [5.41, 5.74) is 0. The van der Waals surface area contributed by atoms with Gasteiger partial charge in [-0.1, -0.05) is 6.92 Å². The Morgan fingerprint density at radius 3 is 2.78 bits per heavy atom. The standard InChI is InChI=1S/C7H15NO/c1-2-8-6-3-4-7(9)5-6/h6-9H,2-5H2,1H3/t6-,7+/m1/s1. The van der Waals surface area contributed by atoms with Gasteiger partial charge in [0.1, 0.15) is 0 Å². The van der Waals surface area contributed by atoms with E-state index in [0.717, 1.165) is 25.8 Å². The van der Waals surface area contributed by atoms with E-state index in [1.807, 2.05) is 0 Å². The number of aliphatic hydroxyl groups is 1. The van der Waals surface area contributed by atoms with E-state index in [0.29, 0.717) is 6.04 Å². The lowest BCUT2D eigenvalue weighted by molar-refractivity contribution is 0.180. The zero-order valence-corrected chi connectivity index (χ0v) is 5.93. The average molecular weight is 129 g/mol. The number of rotatable bonds is 2. The molecular weight excluding hydrogens is 114 g/mol. The normalized spacial score (nSPS) is 35.3. The second kappa shape index (κ2) is 3.18. The quantitative estimate of drug-likeness (QED) is 0.569. The van der Waals surface area contributed by atoms with Crippen molar-refractivity contribution in [2.75, 3.05) is 6.54 Å². The SMILES string of the molecule is CCN[C@@H]1CC[C@H](O)C1. The van der Waals surface area contributed by atoms with E-state index in [4.69, 9.17) is 5.11 Å². The monoisotopic (exact) mass is 129 g/mol. The van der Waals surface area contributed by atoms with E-state index in [2.05, 4.69) is 12.2 Å². The zero-order valence-electron chi connectivity index (χ0n) is 5.93. The highest BCUT2D eigenvalue weighted by Crippen LogP contribution is 2.18. The molecule has 0 unspecified atom stereocenters. The highest BCUT2D eigenvalue weighted by molar-refractivity contribution is 4.79. The molecule has 1 rings (SSSR count). The second-order valence-corrected chi connectivity index (χ2v) is 2.72. The molecule has 0 heterocycles. The predicted octanol–water partition coefficient (Wildman–Crippen LogP) is 0.509. The van der Waals surface area contributed by atoms with Crippen LogP contribution in [0.2, 0.25) is 0 Å². The van der Waals surface area contributed by atoms with Crippen molar-refractivity contribution in [3.63, 3.8) is 0 Å². The Kier molecular flexibility index (Phi) is 2.49. The topological polar surface area (TPSA) is 32.3 Å². The van der Waals surface area contributed by atoms with Crippen LogP contribution in [0.1, 0.15) is 26.2 Å². The lowest BCUT2D eigenvalue weighted by Gasteiger charge is -2.08. The van der Waals surface area contributed by atoms with Crippen molar-refractivity contribution in [2.24, 2.45) is 0 Å². The van der Waals surface area contributed by atoms with Crippen molar-refractivity contribution < 1.29 is 5.11 Å². The van der Waals surface area contributed by atoms with Crippen LogP contribution in [0.5, 0.6) is 0 Å². The molecule has 1 aliphatic carbocycles. The van der Waals surface area contributed by atoms with E-state index in [1.54, 1.807) is 0 Å². The molecule has 2 N–H and O–H groups in total. The Hall–Kier alpha value is -0.0800. The maximum absolute atomic E-state index is 9.09. The van der Waals surface area contributed by atoms with Gasteiger partial charge in [0.2, 0.25) is 0 Å². The fourth-order valence-electron chi connectivity index (χ4n) is 1.43. The summed E-state index contributed by atoms with van der Waals surface area (Å²) in [6.45, 7) is 3.13. The molecule has 0 aromatic rings. The molecule has 0 aromatic heterocycles. The van der Waals surface area contributed by atoms with Gasteiger partial charge in [0.15, 0.2) is 0 Å². The summed E-state index contributed by atoms with van der Waals surface area (Å²) >= 11 is 0. The van der Waals surface area contributed by atoms with Crippen LogP contribution in [-0.2, 0) is 0 Å². The van der Waals surface area contributed by atoms with Gasteiger partial charge in [-0.3, -0.25) is 0 Å². The molecule has 1 fully saturated rings. The van der Waals surface area contributed by atoms with E-state index in [1.165, 1.54) is 0 Å². The summed E-state index contributed by atoms with van der Waals surface area (Å²) in [7, 11) is 0. The molecule has 9 heavy (non-hydrogen) atoms. The van der Waals surface area contributed by atoms with E-state index in [9.17, 15) is 0 Å². The Morgan fingerprint density at radius 2 is 2.33 bits per heavy atom. The van der Waals surface area contributed by atoms with Gasteiger partial charge in [-0.15, -0.1) is 0 Å². The number of nitrogens with one attached hydrogen (secondary N) is 1. The molecule has 2 atom stereocenters. The number of hydrogen-bond acceptors (Lipinski definition) is 2. The first-order valence-electron chi connectivity index (χ1n) is 3.74. The van der Waals surface area contributed by atoms with Crippen molar-refractivity contribution in [2.45, 2.75) is 38.3 Å². The van der Waals surface area contributed by atoms with Gasteiger partial charge in [-0.25, -0.2) is 0 Å². The first-order valence-corrected chi connectivity index (χ1v) is 3.74. The molecular formula is C7H15NO. The zero-order chi connectivity index (χ0) is 6.69. The van der Waals surface area contributed by atoms with Gasteiger partial charge in [-0.2, -0.15) is 0 Å². The van der Waals surface area contributed by atoms with Crippen LogP contribution >= 0.6 is 0 Å². The minimum Gasteiger partial charge on any atom is -0.393 e. The van der Waals surface area contributed by atoms with Crippen molar-refractivity contribution in [3.05, 3.63) is 0 Å². The number of hydrogen-bond donors (Lipinski definition) is 2. The van der Waals surface area contributed by atoms with E-state index < -0.39 is 0 Å². The van der Waals surface area contributed by atoms with Gasteiger partial charge in [0.25, 0.3) is 0 Å². The Balaban J connectivity index is 2.14. The van der Waals surface area contributed by atoms with Crippen LogP contribution < -0.4 is 5.32 Å². The van der Waals surface area contributed by atoms with Crippen LogP contribution in [0.4, 0.5) is 0 Å². The molecule has 0 radical (unpaired) electrons. The van der Waals surface area contributed by atoms with Crippen LogP contribution in [-0.4, -0.2) is 23.8 Å². The molecule has 1 saturated carbocycles. The highest BCUT2D eigenvalue weighted by Gasteiger charge is 2.20. The Labute approximate surface area is 56.3 Å². The van der Waals surface area contributed by atoms with Crippen molar-refractivity contribution in [3.8, 4) is 0 Å². The first-order chi connectivity index (χ1) is 4.33. The third kappa shape index (κ3) is 1.95. The van der Waals surface area contributed by atoms with Gasteiger partial charge < -0.3 is 10.4 Å². The van der Waals surface area contributed by atoms with Gasteiger partial charge in [-0.05, 0) is 25.8 Å². The fourth-order valence-corrected chi connectivity index (χ4v) is 1.43. The maximum Gasteiger partial charge on any atom is 0.0555 e. The summed E-state index contributed by atoms with van der Waals surface area (Å²) in [4.78, 5) is 0. The second-order valence-electron chi connectivity index (χ2n) is 2.72. The van der Waals surface area contributed by atoms with Gasteiger partial charge in [0, 0.05) is 6.04 Å². The molecule has 0 spiro atoms. The fraction of sp³-hybridized carbons (Fsp3) is 1.00. The molecule has 0 bridgehead atoms. The van der Waals surface area contributed by atoms with Crippen LogP contribution in [0, 0.1) is 0 Å². The molecule has 0 amide bonds. The van der Waals surface area contributed by atoms with Crippen LogP contribution in [0.15, 0.2) is 0 Å². The minimum atomic E-state index is -0.0333. The molecule has 0 saturated heterocycles. The molecule has 2 heteroatoms. The third-order valence-electron chi connectivity index (χ3n) is 1.90. The lowest BCUT2D eigenvalue weighted by Crippen LogP contribution is -2.26. The predicted molar refractivity (Wildman–Crippen MR) is 37.3 cm³/mol. The molecule has 2 nitrogen and oxygen atoms in total. The summed E-state index contributed by atoms with van der Waals surface area (Å²) in [6, 6.07) is 0.588. The third-order valence-corrected chi connectivity index (χ3v) is 1.90. The molecule has 0 aliphatic heterocycles. The van der Waals surface area contributed by atoms with Gasteiger partial charge >= 0.3 is 0 Å². The van der Waals surface area contributed by atoms with Gasteiger partial charge in [0.05, 0.1) is 6.10 Å². The van der Waals surface area contributed by atoms with Crippen molar-refractivity contribution >= 4 is 0 Å². The largest absolute Gasteiger partial charge is 0.393 e. The highest BCUT2D eigenvalue weighted by atomic mass is 16.3. The summed E-state index contributed by atoms with van der Waals surface area (Å²) < 4.78 is 0. The maximum atomic E-state index is 9.09. The van der Waals surface area contributed by atoms with Crippen molar-refractivity contribution in [1.29, 1.82) is 0 Å². The first kappa shape index (κ1) is 7.03. The van der Waals surface area contributed by atoms with E-state index in [-0.39, 0.29) is 6.10 Å². The Bertz CT molecular complexity index is 83.0. The van der Waals surface area contributed by atoms with Crippen molar-refractivity contribution in [1.82, 2.24) is 5.32 Å². The van der Waals surface area contributed by atoms with E-state index >= 15 is 0 Å². The molecule has 0 aromatic carbocycles. The van der Waals surface area contributed by atoms with Crippen LogP contribution in [0.3, 0.4) is 0 Å². The Morgan fingerprint density at radius 1 is 1.56 bits per heavy atom. The average Bonchev–Trinajstić information content (AvgIpc) is 2.17. The molecule has 54 valence electrons. The molecule has 1 aliphatic rings. The summed E-state index contributed by atoms with van der Waals surface area (Å²) in [5, 5.41) is 12.4.